The molecule has 0 saturated carbocycles. The van der Waals surface area contributed by atoms with E-state index in [1.54, 1.807) is 18.6 Å². The van der Waals surface area contributed by atoms with Crippen LogP contribution in [0.5, 0.6) is 0 Å². The zero-order valence-corrected chi connectivity index (χ0v) is 12.6. The van der Waals surface area contributed by atoms with Crippen LogP contribution in [0.4, 0.5) is 10.1 Å². The SMILES string of the molecule is CC1(C)O/C(=C2/C(=O)Nc3cc(F)ccc32)C=C1c1ccoc1. The summed E-state index contributed by atoms with van der Waals surface area (Å²) in [6, 6.07) is 6.08. The van der Waals surface area contributed by atoms with Crippen LogP contribution in [0.3, 0.4) is 0 Å². The van der Waals surface area contributed by atoms with Crippen molar-refractivity contribution < 1.29 is 18.3 Å². The van der Waals surface area contributed by atoms with E-state index in [0.29, 0.717) is 22.6 Å². The van der Waals surface area contributed by atoms with Gasteiger partial charge in [0.05, 0.1) is 23.8 Å². The summed E-state index contributed by atoms with van der Waals surface area (Å²) in [6.45, 7) is 3.86. The summed E-state index contributed by atoms with van der Waals surface area (Å²) in [5, 5.41) is 2.68. The fraction of sp³-hybridized carbons (Fsp3) is 0.167. The highest BCUT2D eigenvalue weighted by Gasteiger charge is 2.38. The molecule has 0 spiro atoms. The van der Waals surface area contributed by atoms with Gasteiger partial charge in [-0.2, -0.15) is 0 Å². The summed E-state index contributed by atoms with van der Waals surface area (Å²) in [6.07, 6.45) is 5.08. The highest BCUT2D eigenvalue weighted by molar-refractivity contribution is 6.32. The number of allylic oxidation sites excluding steroid dienone is 1. The minimum atomic E-state index is -0.588. The number of hydrogen-bond acceptors (Lipinski definition) is 3. The Hall–Kier alpha value is -2.82. The second kappa shape index (κ2) is 4.59. The van der Waals surface area contributed by atoms with Gasteiger partial charge >= 0.3 is 0 Å². The third-order valence-corrected chi connectivity index (χ3v) is 4.09. The Balaban J connectivity index is 1.88. The molecule has 1 N–H and O–H groups in total. The molecular formula is C18H14FNO3. The lowest BCUT2D eigenvalue weighted by molar-refractivity contribution is -0.111. The van der Waals surface area contributed by atoms with Crippen LogP contribution >= 0.6 is 0 Å². The van der Waals surface area contributed by atoms with Crippen molar-refractivity contribution in [2.75, 3.05) is 5.32 Å². The molecule has 2 aliphatic rings. The second-order valence-electron chi connectivity index (χ2n) is 6.07. The molecule has 0 radical (unpaired) electrons. The predicted octanol–water partition coefficient (Wildman–Crippen LogP) is 3.97. The molecule has 0 aliphatic carbocycles. The summed E-state index contributed by atoms with van der Waals surface area (Å²) >= 11 is 0. The molecule has 3 heterocycles. The molecule has 0 atom stereocenters. The third kappa shape index (κ3) is 2.08. The molecule has 4 rings (SSSR count). The molecule has 0 fully saturated rings. The van der Waals surface area contributed by atoms with E-state index in [2.05, 4.69) is 5.32 Å². The van der Waals surface area contributed by atoms with Crippen LogP contribution in [-0.4, -0.2) is 11.5 Å². The Morgan fingerprint density at radius 1 is 1.22 bits per heavy atom. The molecule has 1 amide bonds. The van der Waals surface area contributed by atoms with Gasteiger partial charge in [0, 0.05) is 16.7 Å². The molecule has 23 heavy (non-hydrogen) atoms. The van der Waals surface area contributed by atoms with Gasteiger partial charge in [-0.3, -0.25) is 4.79 Å². The molecule has 1 aromatic heterocycles. The summed E-state index contributed by atoms with van der Waals surface area (Å²) in [4.78, 5) is 12.3. The first kappa shape index (κ1) is 13.8. The normalized spacial score (nSPS) is 21.7. The number of nitrogens with one attached hydrogen (secondary N) is 1. The van der Waals surface area contributed by atoms with Crippen LogP contribution in [0, 0.1) is 5.82 Å². The quantitative estimate of drug-likeness (QED) is 0.811. The minimum Gasteiger partial charge on any atom is -0.482 e. The third-order valence-electron chi connectivity index (χ3n) is 4.09. The Morgan fingerprint density at radius 3 is 2.78 bits per heavy atom. The molecule has 0 saturated heterocycles. The number of benzene rings is 1. The number of carbonyl (C=O) groups excluding carboxylic acids is 1. The number of hydrogen-bond donors (Lipinski definition) is 1. The lowest BCUT2D eigenvalue weighted by Gasteiger charge is -2.22. The van der Waals surface area contributed by atoms with Gasteiger partial charge in [0.15, 0.2) is 0 Å². The number of fused-ring (bicyclic) bond motifs is 1. The van der Waals surface area contributed by atoms with Gasteiger partial charge in [-0.25, -0.2) is 4.39 Å². The number of amides is 1. The molecule has 0 bridgehead atoms. The van der Waals surface area contributed by atoms with E-state index in [1.165, 1.54) is 12.1 Å². The Labute approximate surface area is 132 Å². The number of halogens is 1. The van der Waals surface area contributed by atoms with Gasteiger partial charge in [-0.05, 0) is 44.2 Å². The minimum absolute atomic E-state index is 0.291. The molecule has 2 aromatic rings. The van der Waals surface area contributed by atoms with E-state index in [-0.39, 0.29) is 5.91 Å². The zero-order chi connectivity index (χ0) is 16.2. The summed E-state index contributed by atoms with van der Waals surface area (Å²) in [7, 11) is 0. The van der Waals surface area contributed by atoms with Gasteiger partial charge in [-0.15, -0.1) is 0 Å². The van der Waals surface area contributed by atoms with Crippen LogP contribution in [0.15, 0.2) is 53.0 Å². The number of anilines is 1. The van der Waals surface area contributed by atoms with Gasteiger partial charge < -0.3 is 14.5 Å². The summed E-state index contributed by atoms with van der Waals surface area (Å²) in [5.41, 5.74) is 2.78. The summed E-state index contributed by atoms with van der Waals surface area (Å²) in [5.74, 6) is -0.201. The average Bonchev–Trinajstić information content (AvgIpc) is 3.15. The van der Waals surface area contributed by atoms with Crippen LogP contribution < -0.4 is 5.32 Å². The van der Waals surface area contributed by atoms with E-state index in [9.17, 15) is 9.18 Å². The van der Waals surface area contributed by atoms with E-state index in [4.69, 9.17) is 9.15 Å². The van der Waals surface area contributed by atoms with Crippen molar-refractivity contribution in [2.45, 2.75) is 19.4 Å². The van der Waals surface area contributed by atoms with Gasteiger partial charge in [0.1, 0.15) is 17.2 Å². The number of rotatable bonds is 1. The van der Waals surface area contributed by atoms with Crippen molar-refractivity contribution in [1.82, 2.24) is 0 Å². The number of carbonyl (C=O) groups is 1. The number of furan rings is 1. The summed E-state index contributed by atoms with van der Waals surface area (Å²) < 4.78 is 24.5. The first-order valence-electron chi connectivity index (χ1n) is 7.25. The van der Waals surface area contributed by atoms with Crippen molar-refractivity contribution in [3.63, 3.8) is 0 Å². The predicted molar refractivity (Wildman–Crippen MR) is 83.8 cm³/mol. The van der Waals surface area contributed by atoms with Crippen molar-refractivity contribution in [3.8, 4) is 0 Å². The number of ether oxygens (including phenoxy) is 1. The maximum Gasteiger partial charge on any atom is 0.260 e. The first-order valence-corrected chi connectivity index (χ1v) is 7.25. The standard InChI is InChI=1S/C18H14FNO3/c1-18(2)13(10-5-6-22-9-10)8-15(23-18)16-12-4-3-11(19)7-14(12)20-17(16)21/h3-9H,1-2H3,(H,20,21)/b16-15+. The lowest BCUT2D eigenvalue weighted by atomic mass is 9.94. The fourth-order valence-corrected chi connectivity index (χ4v) is 3.03. The highest BCUT2D eigenvalue weighted by atomic mass is 19.1. The van der Waals surface area contributed by atoms with E-state index in [1.807, 2.05) is 26.0 Å². The highest BCUT2D eigenvalue weighted by Crippen LogP contribution is 2.44. The smallest absolute Gasteiger partial charge is 0.260 e. The molecular weight excluding hydrogens is 297 g/mol. The van der Waals surface area contributed by atoms with E-state index < -0.39 is 11.4 Å². The lowest BCUT2D eigenvalue weighted by Crippen LogP contribution is -2.21. The molecule has 4 nitrogen and oxygen atoms in total. The average molecular weight is 311 g/mol. The Morgan fingerprint density at radius 2 is 2.04 bits per heavy atom. The van der Waals surface area contributed by atoms with Crippen LogP contribution in [0.1, 0.15) is 25.0 Å². The van der Waals surface area contributed by atoms with E-state index >= 15 is 0 Å². The van der Waals surface area contributed by atoms with Crippen molar-refractivity contribution >= 4 is 22.7 Å². The molecule has 1 aromatic carbocycles. The molecule has 2 aliphatic heterocycles. The van der Waals surface area contributed by atoms with Crippen molar-refractivity contribution in [2.24, 2.45) is 0 Å². The fourth-order valence-electron chi connectivity index (χ4n) is 3.03. The Bertz CT molecular complexity index is 876. The molecule has 0 unspecified atom stereocenters. The second-order valence-corrected chi connectivity index (χ2v) is 6.07. The molecule has 116 valence electrons. The van der Waals surface area contributed by atoms with Crippen molar-refractivity contribution in [1.29, 1.82) is 0 Å². The zero-order valence-electron chi connectivity index (χ0n) is 12.6. The van der Waals surface area contributed by atoms with Crippen LogP contribution in [-0.2, 0) is 9.53 Å². The Kier molecular flexibility index (Phi) is 2.75. The largest absolute Gasteiger partial charge is 0.482 e. The maximum atomic E-state index is 13.3. The van der Waals surface area contributed by atoms with Crippen LogP contribution in [0.2, 0.25) is 0 Å². The van der Waals surface area contributed by atoms with E-state index in [0.717, 1.165) is 11.1 Å². The van der Waals surface area contributed by atoms with Crippen LogP contribution in [0.25, 0.3) is 11.1 Å². The van der Waals surface area contributed by atoms with Gasteiger partial charge in [-0.1, -0.05) is 0 Å². The van der Waals surface area contributed by atoms with Gasteiger partial charge in [0.2, 0.25) is 0 Å². The topological polar surface area (TPSA) is 51.5 Å². The van der Waals surface area contributed by atoms with Gasteiger partial charge in [0.25, 0.3) is 5.91 Å². The maximum absolute atomic E-state index is 13.3. The monoisotopic (exact) mass is 311 g/mol. The molecule has 5 heteroatoms. The first-order chi connectivity index (χ1) is 11.0. The van der Waals surface area contributed by atoms with Crippen molar-refractivity contribution in [3.05, 3.63) is 65.6 Å².